The molecule has 0 atom stereocenters. The Bertz CT molecular complexity index is 259. The largest absolute Gasteiger partial charge is 0.331 e. The molecule has 0 fully saturated rings. The molecule has 0 saturated carbocycles. The van der Waals surface area contributed by atoms with Gasteiger partial charge in [0.25, 0.3) is 0 Å². The first kappa shape index (κ1) is 11.9. The third-order valence-electron chi connectivity index (χ3n) is 1.89. The number of rotatable bonds is 2. The van der Waals surface area contributed by atoms with Crippen molar-refractivity contribution in [2.45, 2.75) is 41.2 Å². The molecule has 1 heterocycles. The highest BCUT2D eigenvalue weighted by Gasteiger charge is 1.99. The van der Waals surface area contributed by atoms with Crippen LogP contribution >= 0.6 is 0 Å². The Hall–Kier alpha value is -1.05. The lowest BCUT2D eigenvalue weighted by Gasteiger charge is -2.03. The van der Waals surface area contributed by atoms with E-state index in [4.69, 9.17) is 0 Å². The van der Waals surface area contributed by atoms with Crippen LogP contribution in [0, 0.1) is 0 Å². The summed E-state index contributed by atoms with van der Waals surface area (Å²) in [6.45, 7) is 11.3. The molecular weight excluding hydrogens is 160 g/mol. The van der Waals surface area contributed by atoms with Gasteiger partial charge in [0.05, 0.1) is 18.2 Å². The fourth-order valence-corrected chi connectivity index (χ4v) is 1.05. The van der Waals surface area contributed by atoms with Crippen molar-refractivity contribution in [2.24, 2.45) is 0 Å². The Kier molecular flexibility index (Phi) is 5.94. The molecule has 1 aromatic heterocycles. The van der Waals surface area contributed by atoms with Crippen LogP contribution in [0.5, 0.6) is 0 Å². The summed E-state index contributed by atoms with van der Waals surface area (Å²) in [4.78, 5) is 4.08. The van der Waals surface area contributed by atoms with Crippen LogP contribution in [-0.2, 0) is 6.54 Å². The molecule has 1 aromatic rings. The molecule has 13 heavy (non-hydrogen) atoms. The molecule has 2 heteroatoms. The van der Waals surface area contributed by atoms with E-state index < -0.39 is 0 Å². The summed E-state index contributed by atoms with van der Waals surface area (Å²) in [6.07, 6.45) is 5.87. The predicted octanol–water partition coefficient (Wildman–Crippen LogP) is 3.35. The summed E-state index contributed by atoms with van der Waals surface area (Å²) in [5.74, 6) is 0. The first-order chi connectivity index (χ1) is 6.29. The molecule has 2 nitrogen and oxygen atoms in total. The van der Waals surface area contributed by atoms with Crippen LogP contribution in [0.2, 0.25) is 0 Å². The summed E-state index contributed by atoms with van der Waals surface area (Å²) in [7, 11) is 0. The molecule has 0 aliphatic rings. The molecule has 0 aliphatic heterocycles. The van der Waals surface area contributed by atoms with Gasteiger partial charge in [-0.3, -0.25) is 0 Å². The highest BCUT2D eigenvalue weighted by Crippen LogP contribution is 2.11. The van der Waals surface area contributed by atoms with Gasteiger partial charge in [-0.2, -0.15) is 0 Å². The summed E-state index contributed by atoms with van der Waals surface area (Å²) in [6, 6.07) is 0. The summed E-state index contributed by atoms with van der Waals surface area (Å²) < 4.78 is 2.13. The van der Waals surface area contributed by atoms with Crippen LogP contribution in [0.1, 0.15) is 40.3 Å². The summed E-state index contributed by atoms with van der Waals surface area (Å²) in [5.41, 5.74) is 2.50. The average molecular weight is 180 g/mol. The first-order valence-corrected chi connectivity index (χ1v) is 4.93. The van der Waals surface area contributed by atoms with Crippen molar-refractivity contribution in [3.8, 4) is 0 Å². The van der Waals surface area contributed by atoms with Crippen LogP contribution in [-0.4, -0.2) is 9.55 Å². The van der Waals surface area contributed by atoms with Gasteiger partial charge in [0.1, 0.15) is 0 Å². The Morgan fingerprint density at radius 1 is 1.54 bits per heavy atom. The van der Waals surface area contributed by atoms with Gasteiger partial charge in [0, 0.05) is 6.54 Å². The van der Waals surface area contributed by atoms with Crippen LogP contribution in [0.4, 0.5) is 0 Å². The maximum Gasteiger partial charge on any atom is 0.0950 e. The Labute approximate surface area is 81.3 Å². The van der Waals surface area contributed by atoms with E-state index in [0.29, 0.717) is 0 Å². The fraction of sp³-hybridized carbons (Fsp3) is 0.545. The number of imidazole rings is 1. The minimum absolute atomic E-state index is 0.987. The van der Waals surface area contributed by atoms with E-state index in [1.54, 1.807) is 0 Å². The summed E-state index contributed by atoms with van der Waals surface area (Å²) in [5, 5.41) is 0. The maximum atomic E-state index is 4.08. The smallest absolute Gasteiger partial charge is 0.0950 e. The lowest BCUT2D eigenvalue weighted by atomic mass is 10.2. The van der Waals surface area contributed by atoms with Gasteiger partial charge in [0.2, 0.25) is 0 Å². The third kappa shape index (κ3) is 3.05. The standard InChI is InChI=1S/C9H14N2.C2H6/c1-4-8(3)9-6-10-7-11(9)5-2;1-2/h4,6-7H,5H2,1-3H3;1-2H3/b8-4+;. The molecule has 0 unspecified atom stereocenters. The number of hydrogen-bond donors (Lipinski definition) is 0. The second-order valence-electron chi connectivity index (χ2n) is 2.54. The van der Waals surface area contributed by atoms with E-state index in [0.717, 1.165) is 6.54 Å². The zero-order valence-corrected chi connectivity index (χ0v) is 9.33. The normalized spacial score (nSPS) is 10.7. The number of nitrogens with zero attached hydrogens (tertiary/aromatic N) is 2. The van der Waals surface area contributed by atoms with Gasteiger partial charge in [-0.15, -0.1) is 0 Å². The quantitative estimate of drug-likeness (QED) is 0.682. The topological polar surface area (TPSA) is 17.8 Å². The van der Waals surface area contributed by atoms with E-state index in [2.05, 4.69) is 29.5 Å². The highest BCUT2D eigenvalue weighted by molar-refractivity contribution is 5.59. The highest BCUT2D eigenvalue weighted by atomic mass is 15.0. The van der Waals surface area contributed by atoms with Crippen molar-refractivity contribution in [1.29, 1.82) is 0 Å². The van der Waals surface area contributed by atoms with Crippen LogP contribution in [0.3, 0.4) is 0 Å². The van der Waals surface area contributed by atoms with E-state index in [1.165, 1.54) is 11.3 Å². The lowest BCUT2D eigenvalue weighted by molar-refractivity contribution is 0.751. The lowest BCUT2D eigenvalue weighted by Crippen LogP contribution is -1.96. The summed E-state index contributed by atoms with van der Waals surface area (Å²) >= 11 is 0. The SMILES string of the molecule is C/C=C(\C)c1cncn1CC.CC. The van der Waals surface area contributed by atoms with E-state index in [9.17, 15) is 0 Å². The van der Waals surface area contributed by atoms with Crippen LogP contribution in [0.15, 0.2) is 18.6 Å². The predicted molar refractivity (Wildman–Crippen MR) is 58.6 cm³/mol. The molecule has 0 aromatic carbocycles. The zero-order chi connectivity index (χ0) is 10.3. The maximum absolute atomic E-state index is 4.08. The molecule has 0 aliphatic carbocycles. The molecule has 0 bridgehead atoms. The first-order valence-electron chi connectivity index (χ1n) is 4.93. The van der Waals surface area contributed by atoms with E-state index in [-0.39, 0.29) is 0 Å². The molecule has 0 radical (unpaired) electrons. The number of aryl methyl sites for hydroxylation is 1. The average Bonchev–Trinajstić information content (AvgIpc) is 2.67. The van der Waals surface area contributed by atoms with Crippen molar-refractivity contribution in [1.82, 2.24) is 9.55 Å². The van der Waals surface area contributed by atoms with Crippen molar-refractivity contribution in [3.05, 3.63) is 24.3 Å². The van der Waals surface area contributed by atoms with Crippen molar-refractivity contribution < 1.29 is 0 Å². The molecule has 0 spiro atoms. The minimum Gasteiger partial charge on any atom is -0.331 e. The van der Waals surface area contributed by atoms with Crippen LogP contribution < -0.4 is 0 Å². The van der Waals surface area contributed by atoms with Gasteiger partial charge < -0.3 is 4.57 Å². The van der Waals surface area contributed by atoms with Gasteiger partial charge in [-0.1, -0.05) is 19.9 Å². The van der Waals surface area contributed by atoms with Gasteiger partial charge in [-0.05, 0) is 26.3 Å². The monoisotopic (exact) mass is 180 g/mol. The van der Waals surface area contributed by atoms with Crippen molar-refractivity contribution in [2.75, 3.05) is 0 Å². The molecule has 74 valence electrons. The Morgan fingerprint density at radius 2 is 2.15 bits per heavy atom. The van der Waals surface area contributed by atoms with E-state index in [1.807, 2.05) is 33.3 Å². The van der Waals surface area contributed by atoms with Gasteiger partial charge in [-0.25, -0.2) is 4.98 Å². The molecule has 1 rings (SSSR count). The molecule has 0 N–H and O–H groups in total. The van der Waals surface area contributed by atoms with Crippen LogP contribution in [0.25, 0.3) is 5.57 Å². The minimum atomic E-state index is 0.987. The van der Waals surface area contributed by atoms with Gasteiger partial charge in [0.15, 0.2) is 0 Å². The Morgan fingerprint density at radius 3 is 2.62 bits per heavy atom. The fourth-order valence-electron chi connectivity index (χ4n) is 1.05. The van der Waals surface area contributed by atoms with Gasteiger partial charge >= 0.3 is 0 Å². The second-order valence-corrected chi connectivity index (χ2v) is 2.54. The number of aromatic nitrogens is 2. The van der Waals surface area contributed by atoms with Crippen molar-refractivity contribution >= 4 is 5.57 Å². The zero-order valence-electron chi connectivity index (χ0n) is 9.33. The molecule has 0 saturated heterocycles. The Balaban J connectivity index is 0.000000671. The number of allylic oxidation sites excluding steroid dienone is 2. The van der Waals surface area contributed by atoms with Crippen molar-refractivity contribution in [3.63, 3.8) is 0 Å². The molecular formula is C11H20N2. The second kappa shape index (κ2) is 6.46. The third-order valence-corrected chi connectivity index (χ3v) is 1.89. The molecule has 0 amide bonds. The van der Waals surface area contributed by atoms with E-state index >= 15 is 0 Å². The number of hydrogen-bond acceptors (Lipinski definition) is 1.